The molecule has 1 nitrogen and oxygen atoms in total. The quantitative estimate of drug-likeness (QED) is 0.154. The second kappa shape index (κ2) is 15.4. The maximum atomic E-state index is 2.46. The highest BCUT2D eigenvalue weighted by molar-refractivity contribution is 6.01. The van der Waals surface area contributed by atoms with Crippen LogP contribution in [-0.4, -0.2) is 0 Å². The Morgan fingerprint density at radius 1 is 0.343 bits per heavy atom. The van der Waals surface area contributed by atoms with Gasteiger partial charge in [0, 0.05) is 22.5 Å². The van der Waals surface area contributed by atoms with E-state index in [4.69, 9.17) is 0 Å². The van der Waals surface area contributed by atoms with Crippen LogP contribution in [0.4, 0.5) is 17.1 Å². The third kappa shape index (κ3) is 6.44. The lowest BCUT2D eigenvalue weighted by Gasteiger charge is -2.34. The van der Waals surface area contributed by atoms with Gasteiger partial charge in [-0.3, -0.25) is 0 Å². The summed E-state index contributed by atoms with van der Waals surface area (Å²) in [6.07, 6.45) is 0. The third-order valence-corrected chi connectivity index (χ3v) is 14.9. The molecule has 0 amide bonds. The normalized spacial score (nSPS) is 14.0. The smallest absolute Gasteiger partial charge is 0.0713 e. The van der Waals surface area contributed by atoms with E-state index in [1.165, 1.54) is 94.2 Å². The molecule has 2 aliphatic carbocycles. The Bertz CT molecular complexity index is 3460. The number of rotatable bonds is 7. The van der Waals surface area contributed by atoms with Crippen LogP contribution in [0.2, 0.25) is 0 Å². The SMILES string of the molecule is CC(C)(C)c1ccc(-c2ccc(N(c3ccc4c(c3)-c3ccccc3C4(c3ccccc3)c3ccccc3)c3ccc4cccc(-c5ccc6c(c5)-c5ccccc5C6(C)C)c4c3)cc2)cc1. The van der Waals surface area contributed by atoms with Crippen molar-refractivity contribution >= 4 is 27.8 Å². The van der Waals surface area contributed by atoms with Crippen molar-refractivity contribution in [2.45, 2.75) is 50.9 Å². The van der Waals surface area contributed by atoms with Crippen molar-refractivity contribution in [3.63, 3.8) is 0 Å². The van der Waals surface area contributed by atoms with E-state index < -0.39 is 5.41 Å². The fourth-order valence-electron chi connectivity index (χ4n) is 11.5. The lowest BCUT2D eigenvalue weighted by molar-refractivity contribution is 0.590. The first-order valence-electron chi connectivity index (χ1n) is 23.7. The van der Waals surface area contributed by atoms with Crippen LogP contribution < -0.4 is 4.90 Å². The number of anilines is 3. The van der Waals surface area contributed by atoms with Crippen molar-refractivity contribution in [1.29, 1.82) is 0 Å². The standard InChI is InChI=1S/C66H53N/c1-64(2,3)48-33-27-44(28-34-48)45-29-35-51(36-30-45)67(52-37-31-46-17-16-24-54(57(46)42-52)47-32-39-61-58(41-47)55-22-12-14-25-60(55)65(61,4)5)53-38-40-63-59(43-53)56-23-13-15-26-62(56)66(63,49-18-8-6-9-19-49)50-20-10-7-11-21-50/h6-43H,1-5H3. The van der Waals surface area contributed by atoms with Crippen molar-refractivity contribution in [1.82, 2.24) is 0 Å². The van der Waals surface area contributed by atoms with E-state index in [1.807, 2.05) is 0 Å². The molecule has 0 aromatic heterocycles. The Morgan fingerprint density at radius 2 is 0.821 bits per heavy atom. The zero-order valence-corrected chi connectivity index (χ0v) is 38.9. The summed E-state index contributed by atoms with van der Waals surface area (Å²) in [5.74, 6) is 0. The summed E-state index contributed by atoms with van der Waals surface area (Å²) in [7, 11) is 0. The van der Waals surface area contributed by atoms with Crippen molar-refractivity contribution < 1.29 is 0 Å². The molecule has 67 heavy (non-hydrogen) atoms. The zero-order chi connectivity index (χ0) is 45.5. The number of fused-ring (bicyclic) bond motifs is 7. The molecule has 0 heterocycles. The van der Waals surface area contributed by atoms with Crippen LogP contribution in [-0.2, 0) is 16.2 Å². The maximum absolute atomic E-state index is 2.46. The summed E-state index contributed by atoms with van der Waals surface area (Å²) in [6, 6.07) is 86.4. The molecule has 0 fully saturated rings. The Labute approximate surface area is 395 Å². The van der Waals surface area contributed by atoms with Gasteiger partial charge in [0.2, 0.25) is 0 Å². The second-order valence-corrected chi connectivity index (χ2v) is 20.1. The van der Waals surface area contributed by atoms with E-state index in [1.54, 1.807) is 0 Å². The molecule has 10 aromatic rings. The molecule has 12 rings (SSSR count). The van der Waals surface area contributed by atoms with E-state index in [0.29, 0.717) is 0 Å². The predicted molar refractivity (Wildman–Crippen MR) is 283 cm³/mol. The van der Waals surface area contributed by atoms with Crippen LogP contribution >= 0.6 is 0 Å². The van der Waals surface area contributed by atoms with Gasteiger partial charge < -0.3 is 4.90 Å². The molecule has 0 saturated carbocycles. The lowest BCUT2D eigenvalue weighted by Crippen LogP contribution is -2.28. The summed E-state index contributed by atoms with van der Waals surface area (Å²) in [5.41, 5.74) is 22.3. The molecule has 0 N–H and O–H groups in total. The van der Waals surface area contributed by atoms with Crippen LogP contribution in [0.25, 0.3) is 55.3 Å². The minimum atomic E-state index is -0.467. The first-order valence-corrected chi connectivity index (χ1v) is 23.7. The van der Waals surface area contributed by atoms with Gasteiger partial charge in [-0.05, 0) is 142 Å². The first kappa shape index (κ1) is 40.7. The van der Waals surface area contributed by atoms with Crippen molar-refractivity contribution in [2.75, 3.05) is 4.90 Å². The van der Waals surface area contributed by atoms with Crippen LogP contribution in [0, 0.1) is 0 Å². The van der Waals surface area contributed by atoms with E-state index >= 15 is 0 Å². The minimum absolute atomic E-state index is 0.0411. The van der Waals surface area contributed by atoms with Crippen LogP contribution in [0.1, 0.15) is 73.6 Å². The van der Waals surface area contributed by atoms with Gasteiger partial charge in [-0.25, -0.2) is 0 Å². The molecule has 0 atom stereocenters. The average molecular weight is 860 g/mol. The molecular weight excluding hydrogens is 807 g/mol. The Hall–Kier alpha value is -7.74. The maximum Gasteiger partial charge on any atom is 0.0713 e. The fraction of sp³-hybridized carbons (Fsp3) is 0.121. The zero-order valence-electron chi connectivity index (χ0n) is 38.9. The molecule has 1 heteroatoms. The molecule has 322 valence electrons. The highest BCUT2D eigenvalue weighted by Gasteiger charge is 2.46. The van der Waals surface area contributed by atoms with Gasteiger partial charge in [-0.1, -0.05) is 223 Å². The van der Waals surface area contributed by atoms with Gasteiger partial charge in [-0.15, -0.1) is 0 Å². The van der Waals surface area contributed by atoms with Gasteiger partial charge in [-0.2, -0.15) is 0 Å². The summed E-state index contributed by atoms with van der Waals surface area (Å²) >= 11 is 0. The number of hydrogen-bond acceptors (Lipinski definition) is 1. The average Bonchev–Trinajstić information content (AvgIpc) is 3.79. The number of nitrogens with zero attached hydrogens (tertiary/aromatic N) is 1. The molecule has 0 spiro atoms. The van der Waals surface area contributed by atoms with Crippen molar-refractivity contribution in [3.05, 3.63) is 269 Å². The van der Waals surface area contributed by atoms with Gasteiger partial charge in [0.25, 0.3) is 0 Å². The monoisotopic (exact) mass is 859 g/mol. The van der Waals surface area contributed by atoms with E-state index in [2.05, 4.69) is 270 Å². The van der Waals surface area contributed by atoms with Crippen molar-refractivity contribution in [2.24, 2.45) is 0 Å². The minimum Gasteiger partial charge on any atom is -0.310 e. The third-order valence-electron chi connectivity index (χ3n) is 14.9. The summed E-state index contributed by atoms with van der Waals surface area (Å²) in [6.45, 7) is 11.5. The van der Waals surface area contributed by atoms with Crippen LogP contribution in [0.5, 0.6) is 0 Å². The molecule has 0 saturated heterocycles. The number of hydrogen-bond donors (Lipinski definition) is 0. The summed E-state index contributed by atoms with van der Waals surface area (Å²) in [4.78, 5) is 2.46. The highest BCUT2D eigenvalue weighted by Crippen LogP contribution is 2.57. The molecular formula is C66H53N. The van der Waals surface area contributed by atoms with Gasteiger partial charge in [0.1, 0.15) is 0 Å². The van der Waals surface area contributed by atoms with Crippen LogP contribution in [0.15, 0.2) is 231 Å². The fourth-order valence-corrected chi connectivity index (χ4v) is 11.5. The van der Waals surface area contributed by atoms with E-state index in [-0.39, 0.29) is 10.8 Å². The molecule has 0 unspecified atom stereocenters. The van der Waals surface area contributed by atoms with Gasteiger partial charge in [0.15, 0.2) is 0 Å². The van der Waals surface area contributed by atoms with E-state index in [9.17, 15) is 0 Å². The topological polar surface area (TPSA) is 3.24 Å². The van der Waals surface area contributed by atoms with E-state index in [0.717, 1.165) is 17.1 Å². The summed E-state index contributed by atoms with van der Waals surface area (Å²) in [5, 5.41) is 2.44. The largest absolute Gasteiger partial charge is 0.310 e. The molecule has 2 aliphatic rings. The number of benzene rings is 10. The second-order valence-electron chi connectivity index (χ2n) is 20.1. The lowest BCUT2D eigenvalue weighted by atomic mass is 9.68. The Balaban J connectivity index is 1.04. The van der Waals surface area contributed by atoms with Gasteiger partial charge in [0.05, 0.1) is 5.41 Å². The Morgan fingerprint density at radius 3 is 1.49 bits per heavy atom. The molecule has 0 aliphatic heterocycles. The highest BCUT2D eigenvalue weighted by atomic mass is 15.1. The predicted octanol–water partition coefficient (Wildman–Crippen LogP) is 17.6. The van der Waals surface area contributed by atoms with Crippen molar-refractivity contribution in [3.8, 4) is 44.5 Å². The first-order chi connectivity index (χ1) is 32.6. The van der Waals surface area contributed by atoms with Gasteiger partial charge >= 0.3 is 0 Å². The molecule has 0 bridgehead atoms. The molecule has 0 radical (unpaired) electrons. The van der Waals surface area contributed by atoms with Crippen LogP contribution in [0.3, 0.4) is 0 Å². The summed E-state index contributed by atoms with van der Waals surface area (Å²) < 4.78 is 0. The molecule has 10 aromatic carbocycles. The Kier molecular flexibility index (Phi) is 9.38.